The van der Waals surface area contributed by atoms with Gasteiger partial charge in [-0.15, -0.1) is 0 Å². The van der Waals surface area contributed by atoms with Crippen LogP contribution in [0.15, 0.2) is 48.5 Å². The van der Waals surface area contributed by atoms with Gasteiger partial charge in [0.2, 0.25) is 11.8 Å². The summed E-state index contributed by atoms with van der Waals surface area (Å²) in [5.74, 6) is -1.99. The fourth-order valence-electron chi connectivity index (χ4n) is 4.30. The second kappa shape index (κ2) is 10.6. The van der Waals surface area contributed by atoms with Crippen LogP contribution in [0.3, 0.4) is 0 Å². The number of benzene rings is 2. The normalized spacial score (nSPS) is 14.6. The first kappa shape index (κ1) is 26.4. The Morgan fingerprint density at radius 3 is 1.97 bits per heavy atom. The van der Waals surface area contributed by atoms with Gasteiger partial charge >= 0.3 is 0 Å². The quantitative estimate of drug-likeness (QED) is 0.341. The average Bonchev–Trinajstić information content (AvgIpc) is 3.09. The second-order valence-corrected chi connectivity index (χ2v) is 10.5. The van der Waals surface area contributed by atoms with Crippen LogP contribution in [0.2, 0.25) is 0 Å². The molecule has 3 amide bonds. The number of amides is 3. The predicted octanol–water partition coefficient (Wildman–Crippen LogP) is 3.03. The maximum Gasteiger partial charge on any atom is 0.275 e. The molecule has 4 N–H and O–H groups in total. The number of hydrogen-bond donors (Lipinski definition) is 4. The van der Waals surface area contributed by atoms with Gasteiger partial charge in [0.15, 0.2) is 0 Å². The lowest BCUT2D eigenvalue weighted by molar-refractivity contribution is -0.177. The molecular weight excluding hydrogens is 446 g/mol. The SMILES string of the molecule is CC(C)CN(O)C(=O)[C@@H](O)CC(=O)N[C@H](C(=O)NC1c2ccccc2-c2ccccc21)C(C)(C)C. The molecule has 3 rings (SSSR count). The van der Waals surface area contributed by atoms with Crippen LogP contribution in [0.25, 0.3) is 11.1 Å². The number of aliphatic hydroxyl groups is 1. The lowest BCUT2D eigenvalue weighted by atomic mass is 9.85. The number of aliphatic hydroxyl groups excluding tert-OH is 1. The smallest absolute Gasteiger partial charge is 0.275 e. The molecule has 35 heavy (non-hydrogen) atoms. The zero-order valence-corrected chi connectivity index (χ0v) is 20.9. The topological polar surface area (TPSA) is 119 Å². The maximum absolute atomic E-state index is 13.4. The van der Waals surface area contributed by atoms with E-state index in [9.17, 15) is 24.7 Å². The first-order valence-electron chi connectivity index (χ1n) is 11.9. The molecule has 1 aliphatic carbocycles. The minimum Gasteiger partial charge on any atom is -0.383 e. The molecule has 188 valence electrons. The fraction of sp³-hybridized carbons (Fsp3) is 0.444. The maximum atomic E-state index is 13.4. The zero-order chi connectivity index (χ0) is 25.9. The number of fused-ring (bicyclic) bond motifs is 3. The highest BCUT2D eigenvalue weighted by Gasteiger charge is 2.37. The Morgan fingerprint density at radius 2 is 1.49 bits per heavy atom. The van der Waals surface area contributed by atoms with E-state index in [1.165, 1.54) is 0 Å². The minimum absolute atomic E-state index is 0.00945. The Bertz CT molecular complexity index is 1050. The van der Waals surface area contributed by atoms with Crippen molar-refractivity contribution >= 4 is 17.7 Å². The fourth-order valence-corrected chi connectivity index (χ4v) is 4.30. The van der Waals surface area contributed by atoms with Crippen molar-refractivity contribution in [1.82, 2.24) is 15.7 Å². The summed E-state index contributed by atoms with van der Waals surface area (Å²) in [6.45, 7) is 9.14. The third kappa shape index (κ3) is 6.07. The number of rotatable bonds is 8. The molecule has 2 atom stereocenters. The molecule has 0 saturated carbocycles. The molecule has 1 aliphatic rings. The van der Waals surface area contributed by atoms with Crippen LogP contribution in [0.4, 0.5) is 0 Å². The van der Waals surface area contributed by atoms with E-state index in [4.69, 9.17) is 0 Å². The summed E-state index contributed by atoms with van der Waals surface area (Å²) in [7, 11) is 0. The van der Waals surface area contributed by atoms with E-state index in [1.54, 1.807) is 0 Å². The Labute approximate surface area is 206 Å². The first-order valence-corrected chi connectivity index (χ1v) is 11.9. The molecule has 8 nitrogen and oxygen atoms in total. The number of hydroxylamine groups is 2. The van der Waals surface area contributed by atoms with Crippen molar-refractivity contribution in [1.29, 1.82) is 0 Å². The van der Waals surface area contributed by atoms with E-state index >= 15 is 0 Å². The Morgan fingerprint density at radius 1 is 0.971 bits per heavy atom. The van der Waals surface area contributed by atoms with E-state index < -0.39 is 35.8 Å². The Kier molecular flexibility index (Phi) is 7.97. The van der Waals surface area contributed by atoms with Crippen molar-refractivity contribution in [2.24, 2.45) is 11.3 Å². The van der Waals surface area contributed by atoms with Crippen LogP contribution in [0, 0.1) is 11.3 Å². The van der Waals surface area contributed by atoms with Crippen molar-refractivity contribution in [2.45, 2.75) is 59.2 Å². The van der Waals surface area contributed by atoms with E-state index in [0.29, 0.717) is 5.06 Å². The highest BCUT2D eigenvalue weighted by molar-refractivity contribution is 5.92. The van der Waals surface area contributed by atoms with Gasteiger partial charge in [0, 0.05) is 0 Å². The number of carbonyl (C=O) groups excluding carboxylic acids is 3. The highest BCUT2D eigenvalue weighted by atomic mass is 16.5. The summed E-state index contributed by atoms with van der Waals surface area (Å²) >= 11 is 0. The average molecular weight is 482 g/mol. The summed E-state index contributed by atoms with van der Waals surface area (Å²) in [6, 6.07) is 14.5. The van der Waals surface area contributed by atoms with Crippen molar-refractivity contribution in [3.05, 3.63) is 59.7 Å². The summed E-state index contributed by atoms with van der Waals surface area (Å²) in [6.07, 6.45) is -2.28. The van der Waals surface area contributed by atoms with Gasteiger partial charge in [-0.25, -0.2) is 5.06 Å². The summed E-state index contributed by atoms with van der Waals surface area (Å²) in [5, 5.41) is 26.2. The number of hydrogen-bond acceptors (Lipinski definition) is 5. The zero-order valence-electron chi connectivity index (χ0n) is 20.9. The number of nitrogens with one attached hydrogen (secondary N) is 2. The summed E-state index contributed by atoms with van der Waals surface area (Å²) in [5.41, 5.74) is 3.43. The molecular formula is C27H35N3O5. The molecule has 0 radical (unpaired) electrons. The van der Waals surface area contributed by atoms with E-state index in [-0.39, 0.29) is 24.4 Å². The Hall–Kier alpha value is -3.23. The van der Waals surface area contributed by atoms with Gasteiger partial charge in [0.05, 0.1) is 19.0 Å². The third-order valence-electron chi connectivity index (χ3n) is 6.01. The molecule has 8 heteroatoms. The largest absolute Gasteiger partial charge is 0.383 e. The third-order valence-corrected chi connectivity index (χ3v) is 6.01. The van der Waals surface area contributed by atoms with Crippen LogP contribution < -0.4 is 10.6 Å². The van der Waals surface area contributed by atoms with E-state index in [1.807, 2.05) is 83.1 Å². The van der Waals surface area contributed by atoms with Crippen LogP contribution in [-0.2, 0) is 14.4 Å². The molecule has 0 saturated heterocycles. The monoisotopic (exact) mass is 481 g/mol. The van der Waals surface area contributed by atoms with Gasteiger partial charge < -0.3 is 15.7 Å². The second-order valence-electron chi connectivity index (χ2n) is 10.5. The lowest BCUT2D eigenvalue weighted by Crippen LogP contribution is -2.54. The molecule has 0 fully saturated rings. The molecule has 0 aliphatic heterocycles. The van der Waals surface area contributed by atoms with Gasteiger partial charge in [-0.1, -0.05) is 83.1 Å². The number of nitrogens with zero attached hydrogens (tertiary/aromatic N) is 1. The number of carbonyl (C=O) groups is 3. The van der Waals surface area contributed by atoms with Gasteiger partial charge in [-0.05, 0) is 33.6 Å². The predicted molar refractivity (Wildman–Crippen MR) is 132 cm³/mol. The summed E-state index contributed by atoms with van der Waals surface area (Å²) < 4.78 is 0. The van der Waals surface area contributed by atoms with Gasteiger partial charge in [-0.3, -0.25) is 19.6 Å². The van der Waals surface area contributed by atoms with Crippen molar-refractivity contribution in [3.63, 3.8) is 0 Å². The standard InChI is InChI=1S/C27H35N3O5/c1-16(2)15-30(35)26(34)21(31)14-22(32)28-24(27(3,4)5)25(33)29-23-19-12-8-6-10-17(19)18-11-7-9-13-20(18)23/h6-13,16,21,23-24,31,35H,14-15H2,1-5H3,(H,28,32)(H,29,33)/t21-,24+/m0/s1. The molecule has 0 bridgehead atoms. The van der Waals surface area contributed by atoms with Crippen LogP contribution in [-0.4, -0.2) is 51.8 Å². The highest BCUT2D eigenvalue weighted by Crippen LogP contribution is 2.43. The molecule has 0 aromatic heterocycles. The van der Waals surface area contributed by atoms with E-state index in [2.05, 4.69) is 10.6 Å². The molecule has 0 unspecified atom stereocenters. The van der Waals surface area contributed by atoms with Crippen LogP contribution in [0.1, 0.15) is 58.2 Å². The van der Waals surface area contributed by atoms with E-state index in [0.717, 1.165) is 22.3 Å². The molecule has 2 aromatic carbocycles. The van der Waals surface area contributed by atoms with Gasteiger partial charge in [-0.2, -0.15) is 0 Å². The first-order chi connectivity index (χ1) is 16.4. The van der Waals surface area contributed by atoms with Gasteiger partial charge in [0.25, 0.3) is 5.91 Å². The minimum atomic E-state index is -1.71. The van der Waals surface area contributed by atoms with Crippen molar-refractivity contribution < 1.29 is 24.7 Å². The van der Waals surface area contributed by atoms with Crippen molar-refractivity contribution in [3.8, 4) is 11.1 Å². The molecule has 0 heterocycles. The van der Waals surface area contributed by atoms with Crippen LogP contribution in [0.5, 0.6) is 0 Å². The lowest BCUT2D eigenvalue weighted by Gasteiger charge is -2.32. The Balaban J connectivity index is 1.73. The summed E-state index contributed by atoms with van der Waals surface area (Å²) in [4.78, 5) is 38.3. The van der Waals surface area contributed by atoms with Crippen LogP contribution >= 0.6 is 0 Å². The van der Waals surface area contributed by atoms with Gasteiger partial charge in [0.1, 0.15) is 12.1 Å². The molecule has 2 aromatic rings. The molecule has 0 spiro atoms. The van der Waals surface area contributed by atoms with Crippen molar-refractivity contribution in [2.75, 3.05) is 6.54 Å².